The minimum atomic E-state index is -0.758. The summed E-state index contributed by atoms with van der Waals surface area (Å²) in [7, 11) is 1.58. The van der Waals surface area contributed by atoms with Crippen LogP contribution in [-0.2, 0) is 16.1 Å². The summed E-state index contributed by atoms with van der Waals surface area (Å²) in [5.41, 5.74) is 0.856. The molecular weight excluding hydrogens is 351 g/mol. The maximum Gasteiger partial charge on any atom is 0.408 e. The summed E-state index contributed by atoms with van der Waals surface area (Å²) in [6.07, 6.45) is -0.671. The predicted octanol–water partition coefficient (Wildman–Crippen LogP) is 2.98. The van der Waals surface area contributed by atoms with Gasteiger partial charge in [0.2, 0.25) is 5.91 Å². The lowest BCUT2D eigenvalue weighted by Crippen LogP contribution is -2.46. The highest BCUT2D eigenvalue weighted by atomic mass is 19.1. The number of carbonyl (C=O) groups excluding carboxylic acids is 2. The maximum absolute atomic E-state index is 13.5. The van der Waals surface area contributed by atoms with E-state index in [1.807, 2.05) is 30.3 Å². The first-order valence-electron chi connectivity index (χ1n) is 8.57. The minimum Gasteiger partial charge on any atom is -0.489 e. The molecule has 0 saturated carbocycles. The second-order valence-electron chi connectivity index (χ2n) is 5.97. The van der Waals surface area contributed by atoms with Crippen molar-refractivity contribution in [2.24, 2.45) is 0 Å². The van der Waals surface area contributed by atoms with Gasteiger partial charge in [-0.15, -0.1) is 0 Å². The van der Waals surface area contributed by atoms with Crippen LogP contribution in [0.3, 0.4) is 0 Å². The molecule has 2 aromatic rings. The summed E-state index contributed by atoms with van der Waals surface area (Å²) < 4.78 is 23.9. The van der Waals surface area contributed by atoms with Gasteiger partial charge in [0.05, 0.1) is 6.54 Å². The second kappa shape index (κ2) is 10.2. The fraction of sp³-hybridized carbons (Fsp3) is 0.300. The average Bonchev–Trinajstić information content (AvgIpc) is 2.68. The first kappa shape index (κ1) is 20.2. The van der Waals surface area contributed by atoms with Gasteiger partial charge in [0.1, 0.15) is 19.3 Å². The van der Waals surface area contributed by atoms with Gasteiger partial charge in [-0.2, -0.15) is 0 Å². The lowest BCUT2D eigenvalue weighted by Gasteiger charge is -2.22. The van der Waals surface area contributed by atoms with Gasteiger partial charge in [0.25, 0.3) is 0 Å². The van der Waals surface area contributed by atoms with Crippen molar-refractivity contribution in [1.82, 2.24) is 10.2 Å². The molecule has 2 aromatic carbocycles. The van der Waals surface area contributed by atoms with Crippen LogP contribution >= 0.6 is 0 Å². The number of halogens is 1. The highest BCUT2D eigenvalue weighted by Crippen LogP contribution is 2.15. The molecule has 0 radical (unpaired) electrons. The lowest BCUT2D eigenvalue weighted by molar-refractivity contribution is -0.131. The van der Waals surface area contributed by atoms with Crippen LogP contribution in [0.5, 0.6) is 5.75 Å². The van der Waals surface area contributed by atoms with Gasteiger partial charge in [-0.3, -0.25) is 4.79 Å². The Morgan fingerprint density at radius 2 is 1.78 bits per heavy atom. The summed E-state index contributed by atoms with van der Waals surface area (Å²) in [5.74, 6) is -0.625. The third-order valence-corrected chi connectivity index (χ3v) is 3.81. The zero-order valence-corrected chi connectivity index (χ0v) is 15.4. The fourth-order valence-electron chi connectivity index (χ4n) is 2.30. The van der Waals surface area contributed by atoms with Crippen molar-refractivity contribution >= 4 is 12.0 Å². The van der Waals surface area contributed by atoms with E-state index in [2.05, 4.69) is 5.32 Å². The molecule has 144 valence electrons. The maximum atomic E-state index is 13.5. The Bertz CT molecular complexity index is 755. The molecule has 0 unspecified atom stereocenters. The summed E-state index contributed by atoms with van der Waals surface area (Å²) in [4.78, 5) is 25.5. The summed E-state index contributed by atoms with van der Waals surface area (Å²) in [6, 6.07) is 14.5. The molecule has 0 bridgehead atoms. The molecule has 0 aliphatic carbocycles. The number of ether oxygens (including phenoxy) is 2. The third-order valence-electron chi connectivity index (χ3n) is 3.81. The first-order valence-corrected chi connectivity index (χ1v) is 8.57. The Kier molecular flexibility index (Phi) is 7.61. The number of hydrogen-bond acceptors (Lipinski definition) is 4. The smallest absolute Gasteiger partial charge is 0.408 e. The van der Waals surface area contributed by atoms with Gasteiger partial charge >= 0.3 is 6.09 Å². The van der Waals surface area contributed by atoms with E-state index in [1.165, 1.54) is 17.0 Å². The van der Waals surface area contributed by atoms with Crippen molar-refractivity contribution in [2.75, 3.05) is 20.2 Å². The highest BCUT2D eigenvalue weighted by molar-refractivity contribution is 5.85. The van der Waals surface area contributed by atoms with Gasteiger partial charge in [0, 0.05) is 7.05 Å². The topological polar surface area (TPSA) is 67.9 Å². The number of amides is 2. The molecule has 1 N–H and O–H groups in total. The van der Waals surface area contributed by atoms with E-state index in [0.717, 1.165) is 5.56 Å². The van der Waals surface area contributed by atoms with E-state index in [-0.39, 0.29) is 31.4 Å². The predicted molar refractivity (Wildman–Crippen MR) is 98.8 cm³/mol. The molecule has 0 fully saturated rings. The van der Waals surface area contributed by atoms with Crippen molar-refractivity contribution in [3.05, 3.63) is 66.0 Å². The van der Waals surface area contributed by atoms with Crippen molar-refractivity contribution in [3.8, 4) is 5.75 Å². The van der Waals surface area contributed by atoms with Gasteiger partial charge in [-0.05, 0) is 24.6 Å². The Balaban J connectivity index is 1.71. The number of hydrogen-bond donors (Lipinski definition) is 1. The van der Waals surface area contributed by atoms with E-state index in [1.54, 1.807) is 26.1 Å². The quantitative estimate of drug-likeness (QED) is 0.771. The van der Waals surface area contributed by atoms with Crippen LogP contribution in [0.2, 0.25) is 0 Å². The first-order chi connectivity index (χ1) is 13.0. The second-order valence-corrected chi connectivity index (χ2v) is 5.97. The SMILES string of the molecule is C[C@H](NC(=O)OCc1ccccc1)C(=O)N(C)CCOc1ccccc1F. The van der Waals surface area contributed by atoms with Gasteiger partial charge in [0.15, 0.2) is 11.6 Å². The third kappa shape index (κ3) is 6.62. The molecule has 2 rings (SSSR count). The molecular formula is C20H23FN2O4. The van der Waals surface area contributed by atoms with Crippen LogP contribution < -0.4 is 10.1 Å². The minimum absolute atomic E-state index is 0.125. The van der Waals surface area contributed by atoms with Crippen molar-refractivity contribution in [1.29, 1.82) is 0 Å². The van der Waals surface area contributed by atoms with Crippen LogP contribution in [0.15, 0.2) is 54.6 Å². The molecule has 1 atom stereocenters. The molecule has 7 heteroatoms. The van der Waals surface area contributed by atoms with Crippen molar-refractivity contribution in [3.63, 3.8) is 0 Å². The number of carbonyl (C=O) groups is 2. The van der Waals surface area contributed by atoms with Gasteiger partial charge in [-0.25, -0.2) is 9.18 Å². The summed E-state index contributed by atoms with van der Waals surface area (Å²) >= 11 is 0. The van der Waals surface area contributed by atoms with Crippen LogP contribution in [0.4, 0.5) is 9.18 Å². The normalized spacial score (nSPS) is 11.4. The van der Waals surface area contributed by atoms with E-state index in [0.29, 0.717) is 0 Å². The number of likely N-dealkylation sites (N-methyl/N-ethyl adjacent to an activating group) is 1. The van der Waals surface area contributed by atoms with E-state index >= 15 is 0 Å². The molecule has 0 spiro atoms. The highest BCUT2D eigenvalue weighted by Gasteiger charge is 2.20. The molecule has 0 aliphatic heterocycles. The Morgan fingerprint density at radius 1 is 1.11 bits per heavy atom. The Labute approximate surface area is 157 Å². The average molecular weight is 374 g/mol. The van der Waals surface area contributed by atoms with Gasteiger partial charge in [-0.1, -0.05) is 42.5 Å². The molecule has 0 heterocycles. The Morgan fingerprint density at radius 3 is 2.48 bits per heavy atom. The van der Waals surface area contributed by atoms with Crippen molar-refractivity contribution in [2.45, 2.75) is 19.6 Å². The molecule has 27 heavy (non-hydrogen) atoms. The van der Waals surface area contributed by atoms with Crippen LogP contribution in [0.1, 0.15) is 12.5 Å². The van der Waals surface area contributed by atoms with Crippen LogP contribution in [0, 0.1) is 5.82 Å². The molecule has 0 saturated heterocycles. The number of nitrogens with one attached hydrogen (secondary N) is 1. The Hall–Kier alpha value is -3.09. The van der Waals surface area contributed by atoms with Crippen molar-refractivity contribution < 1.29 is 23.5 Å². The standard InChI is InChI=1S/C20H23FN2O4/c1-15(22-20(25)27-14-16-8-4-3-5-9-16)19(24)23(2)12-13-26-18-11-7-6-10-17(18)21/h3-11,15H,12-14H2,1-2H3,(H,22,25)/t15-/m0/s1. The summed E-state index contributed by atoms with van der Waals surface area (Å²) in [6.45, 7) is 2.08. The number of nitrogens with zero attached hydrogens (tertiary/aromatic N) is 1. The monoisotopic (exact) mass is 374 g/mol. The largest absolute Gasteiger partial charge is 0.489 e. The van der Waals surface area contributed by atoms with E-state index in [9.17, 15) is 14.0 Å². The zero-order valence-electron chi connectivity index (χ0n) is 15.4. The number of benzene rings is 2. The molecule has 0 aromatic heterocycles. The molecule has 0 aliphatic rings. The van der Waals surface area contributed by atoms with E-state index < -0.39 is 18.0 Å². The number of alkyl carbamates (subject to hydrolysis) is 1. The van der Waals surface area contributed by atoms with E-state index in [4.69, 9.17) is 9.47 Å². The number of rotatable bonds is 8. The van der Waals surface area contributed by atoms with Gasteiger partial charge < -0.3 is 19.7 Å². The number of para-hydroxylation sites is 1. The lowest BCUT2D eigenvalue weighted by atomic mass is 10.2. The van der Waals surface area contributed by atoms with Crippen LogP contribution in [-0.4, -0.2) is 43.1 Å². The molecule has 2 amide bonds. The van der Waals surface area contributed by atoms with Crippen LogP contribution in [0.25, 0.3) is 0 Å². The summed E-state index contributed by atoms with van der Waals surface area (Å²) in [5, 5.41) is 2.49. The zero-order chi connectivity index (χ0) is 19.6. The molecule has 6 nitrogen and oxygen atoms in total. The fourth-order valence-corrected chi connectivity index (χ4v) is 2.30.